The Morgan fingerprint density at radius 3 is 2.12 bits per heavy atom. The summed E-state index contributed by atoms with van der Waals surface area (Å²) in [6.45, 7) is 3.02. The van der Waals surface area contributed by atoms with Crippen LogP contribution in [-0.4, -0.2) is 89.0 Å². The number of rotatable bonds is 16. The van der Waals surface area contributed by atoms with Crippen molar-refractivity contribution < 1.29 is 49.0 Å². The maximum absolute atomic E-state index is 12.2. The lowest BCUT2D eigenvalue weighted by molar-refractivity contribution is -0.305. The number of esters is 2. The summed E-state index contributed by atoms with van der Waals surface area (Å²) in [5, 5.41) is 39.1. The SMILES string of the molecule is CCCCCCC(=O)OC(COC(=O)CCCCC)COC1OC(CO)C(O)C(O)C1O. The van der Waals surface area contributed by atoms with Crippen LogP contribution in [0.1, 0.15) is 71.6 Å². The minimum atomic E-state index is -1.58. The van der Waals surface area contributed by atoms with E-state index in [0.29, 0.717) is 12.8 Å². The van der Waals surface area contributed by atoms with Crippen molar-refractivity contribution in [3.05, 3.63) is 0 Å². The fourth-order valence-corrected chi connectivity index (χ4v) is 3.24. The summed E-state index contributed by atoms with van der Waals surface area (Å²) >= 11 is 0. The van der Waals surface area contributed by atoms with Crippen LogP contribution in [0.4, 0.5) is 0 Å². The third-order valence-electron chi connectivity index (χ3n) is 5.24. The van der Waals surface area contributed by atoms with Gasteiger partial charge >= 0.3 is 11.9 Å². The molecule has 0 spiro atoms. The molecule has 0 aromatic rings. The molecule has 1 aliphatic heterocycles. The Balaban J connectivity index is 2.62. The molecule has 0 amide bonds. The van der Waals surface area contributed by atoms with Crippen molar-refractivity contribution in [2.24, 2.45) is 0 Å². The minimum Gasteiger partial charge on any atom is -0.462 e. The summed E-state index contributed by atoms with van der Waals surface area (Å²) in [4.78, 5) is 24.1. The maximum atomic E-state index is 12.2. The van der Waals surface area contributed by atoms with E-state index in [9.17, 15) is 30.0 Å². The van der Waals surface area contributed by atoms with Crippen molar-refractivity contribution >= 4 is 11.9 Å². The van der Waals surface area contributed by atoms with Crippen LogP contribution in [0.2, 0.25) is 0 Å². The molecule has 10 heteroatoms. The van der Waals surface area contributed by atoms with Gasteiger partial charge in [0.25, 0.3) is 0 Å². The number of unbranched alkanes of at least 4 members (excludes halogenated alkanes) is 5. The zero-order valence-electron chi connectivity index (χ0n) is 19.2. The molecule has 6 atom stereocenters. The third kappa shape index (κ3) is 10.5. The predicted octanol–water partition coefficient (Wildman–Crippen LogP) is 0.809. The Morgan fingerprint density at radius 2 is 1.47 bits per heavy atom. The highest BCUT2D eigenvalue weighted by Crippen LogP contribution is 2.22. The van der Waals surface area contributed by atoms with Gasteiger partial charge in [-0.2, -0.15) is 0 Å². The van der Waals surface area contributed by atoms with Crippen molar-refractivity contribution in [1.29, 1.82) is 0 Å². The standard InChI is InChI=1S/C22H40O10/c1-3-5-7-9-11-18(25)31-15(13-29-17(24)10-8-6-4-2)14-30-22-21(28)20(27)19(26)16(12-23)32-22/h15-16,19-23,26-28H,3-14H2,1-2H3. The summed E-state index contributed by atoms with van der Waals surface area (Å²) < 4.78 is 21.4. The maximum Gasteiger partial charge on any atom is 0.306 e. The lowest BCUT2D eigenvalue weighted by Gasteiger charge is -2.39. The minimum absolute atomic E-state index is 0.219. The lowest BCUT2D eigenvalue weighted by atomic mass is 9.99. The predicted molar refractivity (Wildman–Crippen MR) is 113 cm³/mol. The Labute approximate surface area is 189 Å². The number of carbonyl (C=O) groups excluding carboxylic acids is 2. The molecule has 0 radical (unpaired) electrons. The second-order valence-electron chi connectivity index (χ2n) is 8.09. The molecule has 0 aromatic heterocycles. The first-order valence-electron chi connectivity index (χ1n) is 11.6. The lowest BCUT2D eigenvalue weighted by Crippen LogP contribution is -2.59. The molecule has 188 valence electrons. The number of ether oxygens (including phenoxy) is 4. The first-order valence-corrected chi connectivity index (χ1v) is 11.6. The normalized spacial score (nSPS) is 26.5. The number of aliphatic hydroxyl groups is 4. The largest absolute Gasteiger partial charge is 0.462 e. The Hall–Kier alpha value is -1.30. The van der Waals surface area contributed by atoms with Gasteiger partial charge in [-0.1, -0.05) is 46.0 Å². The average Bonchev–Trinajstić information content (AvgIpc) is 2.78. The second kappa shape index (κ2) is 16.3. The van der Waals surface area contributed by atoms with E-state index in [1.165, 1.54) is 0 Å². The summed E-state index contributed by atoms with van der Waals surface area (Å²) in [7, 11) is 0. The first-order chi connectivity index (χ1) is 15.3. The van der Waals surface area contributed by atoms with Crippen LogP contribution in [0.25, 0.3) is 0 Å². The van der Waals surface area contributed by atoms with Gasteiger partial charge in [-0.05, 0) is 12.8 Å². The van der Waals surface area contributed by atoms with E-state index in [1.807, 2.05) is 6.92 Å². The van der Waals surface area contributed by atoms with Gasteiger partial charge < -0.3 is 39.4 Å². The highest BCUT2D eigenvalue weighted by atomic mass is 16.7. The van der Waals surface area contributed by atoms with E-state index in [0.717, 1.165) is 32.1 Å². The van der Waals surface area contributed by atoms with E-state index in [1.54, 1.807) is 0 Å². The van der Waals surface area contributed by atoms with E-state index in [4.69, 9.17) is 18.9 Å². The van der Waals surface area contributed by atoms with Crippen LogP contribution in [-0.2, 0) is 28.5 Å². The molecule has 0 saturated carbocycles. The smallest absolute Gasteiger partial charge is 0.306 e. The van der Waals surface area contributed by atoms with Gasteiger partial charge in [-0.15, -0.1) is 0 Å². The molecular formula is C22H40O10. The van der Waals surface area contributed by atoms with Crippen LogP contribution < -0.4 is 0 Å². The van der Waals surface area contributed by atoms with Crippen LogP contribution >= 0.6 is 0 Å². The number of carbonyl (C=O) groups is 2. The topological polar surface area (TPSA) is 152 Å². The molecule has 0 aliphatic carbocycles. The van der Waals surface area contributed by atoms with Gasteiger partial charge in [0.1, 0.15) is 31.0 Å². The van der Waals surface area contributed by atoms with Crippen LogP contribution in [0, 0.1) is 0 Å². The number of aliphatic hydroxyl groups excluding tert-OH is 4. The summed E-state index contributed by atoms with van der Waals surface area (Å²) in [5.74, 6) is -0.860. The Bertz CT molecular complexity index is 527. The molecule has 4 N–H and O–H groups in total. The zero-order chi connectivity index (χ0) is 23.9. The molecule has 6 unspecified atom stereocenters. The monoisotopic (exact) mass is 464 g/mol. The highest BCUT2D eigenvalue weighted by molar-refractivity contribution is 5.70. The third-order valence-corrected chi connectivity index (χ3v) is 5.24. The highest BCUT2D eigenvalue weighted by Gasteiger charge is 2.44. The first kappa shape index (κ1) is 28.7. The zero-order valence-corrected chi connectivity index (χ0v) is 19.2. The van der Waals surface area contributed by atoms with Crippen LogP contribution in [0.15, 0.2) is 0 Å². The molecule has 1 aliphatic rings. The van der Waals surface area contributed by atoms with Crippen LogP contribution in [0.3, 0.4) is 0 Å². The van der Waals surface area contributed by atoms with Gasteiger partial charge in [0.2, 0.25) is 0 Å². The molecular weight excluding hydrogens is 424 g/mol. The van der Waals surface area contributed by atoms with Gasteiger partial charge in [-0.3, -0.25) is 9.59 Å². The fraction of sp³-hybridized carbons (Fsp3) is 0.909. The Morgan fingerprint density at radius 1 is 0.844 bits per heavy atom. The van der Waals surface area contributed by atoms with E-state index in [-0.39, 0.29) is 26.1 Å². The van der Waals surface area contributed by atoms with E-state index in [2.05, 4.69) is 6.92 Å². The molecule has 1 fully saturated rings. The quantitative estimate of drug-likeness (QED) is 0.191. The van der Waals surface area contributed by atoms with E-state index >= 15 is 0 Å². The second-order valence-corrected chi connectivity index (χ2v) is 8.09. The van der Waals surface area contributed by atoms with Crippen molar-refractivity contribution in [1.82, 2.24) is 0 Å². The number of hydrogen-bond donors (Lipinski definition) is 4. The van der Waals surface area contributed by atoms with Crippen LogP contribution in [0.5, 0.6) is 0 Å². The summed E-state index contributed by atoms with van der Waals surface area (Å²) in [5.41, 5.74) is 0. The number of hydrogen-bond acceptors (Lipinski definition) is 10. The van der Waals surface area contributed by atoms with Crippen molar-refractivity contribution in [2.45, 2.75) is 108 Å². The van der Waals surface area contributed by atoms with Crippen molar-refractivity contribution in [3.63, 3.8) is 0 Å². The molecule has 1 rings (SSSR count). The molecule has 32 heavy (non-hydrogen) atoms. The van der Waals surface area contributed by atoms with Crippen molar-refractivity contribution in [3.8, 4) is 0 Å². The molecule has 10 nitrogen and oxygen atoms in total. The molecule has 0 bridgehead atoms. The van der Waals surface area contributed by atoms with Gasteiger partial charge in [0.15, 0.2) is 12.4 Å². The molecule has 0 aromatic carbocycles. The van der Waals surface area contributed by atoms with Gasteiger partial charge in [0.05, 0.1) is 13.2 Å². The average molecular weight is 465 g/mol. The van der Waals surface area contributed by atoms with Gasteiger partial charge in [-0.25, -0.2) is 0 Å². The van der Waals surface area contributed by atoms with E-state index < -0.39 is 55.4 Å². The summed E-state index contributed by atoms with van der Waals surface area (Å²) in [6.07, 6.45) is -1.35. The van der Waals surface area contributed by atoms with Gasteiger partial charge in [0, 0.05) is 12.8 Å². The Kier molecular flexibility index (Phi) is 14.7. The molecule has 1 saturated heterocycles. The van der Waals surface area contributed by atoms with Crippen molar-refractivity contribution in [2.75, 3.05) is 19.8 Å². The molecule has 1 heterocycles. The summed E-state index contributed by atoms with van der Waals surface area (Å²) in [6, 6.07) is 0. The fourth-order valence-electron chi connectivity index (χ4n) is 3.24.